The lowest BCUT2D eigenvalue weighted by Crippen LogP contribution is -2.30. The highest BCUT2D eigenvalue weighted by Gasteiger charge is 2.19. The molecule has 0 rings (SSSR count). The van der Waals surface area contributed by atoms with Crippen molar-refractivity contribution in [1.29, 1.82) is 0 Å². The Morgan fingerprint density at radius 2 is 0.565 bits per heavy atom. The van der Waals surface area contributed by atoms with Crippen molar-refractivity contribution in [2.75, 3.05) is 13.2 Å². The first-order chi connectivity index (χ1) is 34.0. The van der Waals surface area contributed by atoms with Crippen LogP contribution in [0, 0.1) is 0 Å². The molecule has 0 saturated carbocycles. The van der Waals surface area contributed by atoms with Gasteiger partial charge in [0.1, 0.15) is 13.2 Å². The first kappa shape index (κ1) is 66.4. The molecule has 402 valence electrons. The molecule has 0 aromatic heterocycles. The van der Waals surface area contributed by atoms with E-state index in [0.29, 0.717) is 19.3 Å². The fourth-order valence-electron chi connectivity index (χ4n) is 8.87. The van der Waals surface area contributed by atoms with Gasteiger partial charge in [-0.25, -0.2) is 0 Å². The van der Waals surface area contributed by atoms with Gasteiger partial charge in [0.05, 0.1) is 0 Å². The van der Waals surface area contributed by atoms with Gasteiger partial charge in [0, 0.05) is 19.3 Å². The fourth-order valence-corrected chi connectivity index (χ4v) is 8.87. The van der Waals surface area contributed by atoms with Gasteiger partial charge in [-0.1, -0.05) is 301 Å². The molecule has 6 heteroatoms. The van der Waals surface area contributed by atoms with Crippen LogP contribution in [-0.2, 0) is 28.6 Å². The van der Waals surface area contributed by atoms with Gasteiger partial charge in [-0.15, -0.1) is 0 Å². The minimum atomic E-state index is -0.806. The Balaban J connectivity index is 4.08. The Bertz CT molecular complexity index is 1200. The number of rotatable bonds is 55. The van der Waals surface area contributed by atoms with Gasteiger partial charge in [0.15, 0.2) is 6.10 Å². The standard InChI is InChI=1S/C63H114O6/c1-4-7-10-13-16-19-21-23-24-25-26-27-28-29-30-31-32-33-34-35-36-37-38-40-41-44-47-50-53-56-62(65)68-59-60(58-67-61(64)55-52-49-46-43-18-15-12-9-6-3)69-63(66)57-54-51-48-45-42-39-22-20-17-14-11-8-5-2/h8,11,17,20,39,42,48,51,60H,4-7,9-10,12-16,18-19,21-38,40-41,43-47,49-50,52-59H2,1-3H3/b11-8-,20-17-,42-39-,51-48-. The van der Waals surface area contributed by atoms with Crippen LogP contribution in [0.3, 0.4) is 0 Å². The van der Waals surface area contributed by atoms with Gasteiger partial charge in [0.25, 0.3) is 0 Å². The summed E-state index contributed by atoms with van der Waals surface area (Å²) in [5.74, 6) is -0.970. The second-order valence-electron chi connectivity index (χ2n) is 20.2. The highest BCUT2D eigenvalue weighted by atomic mass is 16.6. The number of carbonyl (C=O) groups excluding carboxylic acids is 3. The molecule has 0 heterocycles. The lowest BCUT2D eigenvalue weighted by molar-refractivity contribution is -0.166. The SMILES string of the molecule is CC/C=C\C/C=C\C/C=C\C/C=C\CCC(=O)OC(COC(=O)CCCCCCCCCCC)COC(=O)CCCCCCCCCCCCCCCCCCCCCCCCCCCCCCC. The second kappa shape index (κ2) is 57.9. The molecule has 0 aromatic rings. The van der Waals surface area contributed by atoms with Crippen LogP contribution in [0.4, 0.5) is 0 Å². The highest BCUT2D eigenvalue weighted by Crippen LogP contribution is 2.18. The number of unbranched alkanes of at least 4 members (excludes halogenated alkanes) is 36. The quantitative estimate of drug-likeness (QED) is 0.0262. The maximum Gasteiger partial charge on any atom is 0.306 e. The molecule has 0 N–H and O–H groups in total. The van der Waals surface area contributed by atoms with Gasteiger partial charge in [-0.2, -0.15) is 0 Å². The molecule has 0 aliphatic rings. The number of esters is 3. The van der Waals surface area contributed by atoms with Crippen molar-refractivity contribution < 1.29 is 28.6 Å². The van der Waals surface area contributed by atoms with Crippen LogP contribution < -0.4 is 0 Å². The summed E-state index contributed by atoms with van der Waals surface area (Å²) in [7, 11) is 0. The second-order valence-corrected chi connectivity index (χ2v) is 20.2. The summed E-state index contributed by atoms with van der Waals surface area (Å²) in [5, 5.41) is 0. The topological polar surface area (TPSA) is 78.9 Å². The third-order valence-corrected chi connectivity index (χ3v) is 13.4. The summed E-state index contributed by atoms with van der Waals surface area (Å²) in [6, 6.07) is 0. The molecule has 0 aliphatic heterocycles. The van der Waals surface area contributed by atoms with E-state index in [4.69, 9.17) is 14.2 Å². The summed E-state index contributed by atoms with van der Waals surface area (Å²) in [4.78, 5) is 37.9. The van der Waals surface area contributed by atoms with E-state index in [0.717, 1.165) is 64.2 Å². The summed E-state index contributed by atoms with van der Waals surface area (Å²) < 4.78 is 16.7. The van der Waals surface area contributed by atoms with E-state index in [1.54, 1.807) is 0 Å². The predicted octanol–water partition coefficient (Wildman–Crippen LogP) is 20.2. The lowest BCUT2D eigenvalue weighted by Gasteiger charge is -2.18. The first-order valence-corrected chi connectivity index (χ1v) is 30.1. The maximum absolute atomic E-state index is 12.7. The van der Waals surface area contributed by atoms with Crippen molar-refractivity contribution in [3.05, 3.63) is 48.6 Å². The van der Waals surface area contributed by atoms with E-state index in [-0.39, 0.29) is 37.5 Å². The zero-order valence-corrected chi connectivity index (χ0v) is 46.1. The van der Waals surface area contributed by atoms with Crippen molar-refractivity contribution in [3.63, 3.8) is 0 Å². The molecular weight excluding hydrogens is 853 g/mol. The Labute approximate surface area is 428 Å². The van der Waals surface area contributed by atoms with Crippen LogP contribution in [0.2, 0.25) is 0 Å². The summed E-state index contributed by atoms with van der Waals surface area (Å²) in [5.41, 5.74) is 0. The molecule has 6 nitrogen and oxygen atoms in total. The average Bonchev–Trinajstić information content (AvgIpc) is 3.35. The van der Waals surface area contributed by atoms with E-state index in [1.165, 1.54) is 205 Å². The monoisotopic (exact) mass is 967 g/mol. The Hall–Kier alpha value is -2.63. The molecule has 0 amide bonds. The van der Waals surface area contributed by atoms with Crippen molar-refractivity contribution in [1.82, 2.24) is 0 Å². The summed E-state index contributed by atoms with van der Waals surface area (Å²) >= 11 is 0. The largest absolute Gasteiger partial charge is 0.462 e. The molecule has 0 aliphatic carbocycles. The van der Waals surface area contributed by atoms with E-state index in [9.17, 15) is 14.4 Å². The van der Waals surface area contributed by atoms with E-state index in [1.807, 2.05) is 6.08 Å². The molecule has 0 fully saturated rings. The predicted molar refractivity (Wildman–Crippen MR) is 298 cm³/mol. The molecule has 0 bridgehead atoms. The van der Waals surface area contributed by atoms with Crippen LogP contribution in [-0.4, -0.2) is 37.2 Å². The van der Waals surface area contributed by atoms with Crippen LogP contribution in [0.1, 0.15) is 316 Å². The number of carbonyl (C=O) groups is 3. The summed E-state index contributed by atoms with van der Waals surface area (Å²) in [6.07, 6.45) is 71.7. The first-order valence-electron chi connectivity index (χ1n) is 30.1. The molecule has 0 spiro atoms. The van der Waals surface area contributed by atoms with Crippen LogP contribution in [0.15, 0.2) is 48.6 Å². The van der Waals surface area contributed by atoms with Gasteiger partial charge in [-0.3, -0.25) is 14.4 Å². The zero-order valence-electron chi connectivity index (χ0n) is 46.1. The minimum absolute atomic E-state index is 0.0978. The van der Waals surface area contributed by atoms with Gasteiger partial charge in [-0.05, 0) is 44.9 Å². The molecule has 1 unspecified atom stereocenters. The van der Waals surface area contributed by atoms with Crippen molar-refractivity contribution in [2.24, 2.45) is 0 Å². The Kier molecular flexibility index (Phi) is 55.7. The molecule has 0 saturated heterocycles. The number of allylic oxidation sites excluding steroid dienone is 8. The van der Waals surface area contributed by atoms with Crippen LogP contribution >= 0.6 is 0 Å². The highest BCUT2D eigenvalue weighted by molar-refractivity contribution is 5.71. The molecular formula is C63H114O6. The molecule has 69 heavy (non-hydrogen) atoms. The van der Waals surface area contributed by atoms with Crippen LogP contribution in [0.25, 0.3) is 0 Å². The van der Waals surface area contributed by atoms with Gasteiger partial charge in [0.2, 0.25) is 0 Å². The minimum Gasteiger partial charge on any atom is -0.462 e. The normalized spacial score (nSPS) is 12.3. The number of hydrogen-bond acceptors (Lipinski definition) is 6. The van der Waals surface area contributed by atoms with Crippen molar-refractivity contribution >= 4 is 17.9 Å². The van der Waals surface area contributed by atoms with E-state index in [2.05, 4.69) is 63.3 Å². The Morgan fingerprint density at radius 3 is 0.855 bits per heavy atom. The third-order valence-electron chi connectivity index (χ3n) is 13.4. The van der Waals surface area contributed by atoms with Crippen molar-refractivity contribution in [2.45, 2.75) is 322 Å². The zero-order chi connectivity index (χ0) is 50.0. The van der Waals surface area contributed by atoms with Gasteiger partial charge >= 0.3 is 17.9 Å². The van der Waals surface area contributed by atoms with Gasteiger partial charge < -0.3 is 14.2 Å². The summed E-state index contributed by atoms with van der Waals surface area (Å²) in [6.45, 7) is 6.48. The lowest BCUT2D eigenvalue weighted by atomic mass is 10.0. The Morgan fingerprint density at radius 1 is 0.304 bits per heavy atom. The number of ether oxygens (including phenoxy) is 3. The molecule has 0 radical (unpaired) electrons. The molecule has 1 atom stereocenters. The molecule has 0 aromatic carbocycles. The van der Waals surface area contributed by atoms with Crippen LogP contribution in [0.5, 0.6) is 0 Å². The van der Waals surface area contributed by atoms with E-state index >= 15 is 0 Å². The van der Waals surface area contributed by atoms with Crippen molar-refractivity contribution in [3.8, 4) is 0 Å². The fraction of sp³-hybridized carbons (Fsp3) is 0.825. The average molecular weight is 968 g/mol. The number of hydrogen-bond donors (Lipinski definition) is 0. The van der Waals surface area contributed by atoms with E-state index < -0.39 is 6.10 Å². The third kappa shape index (κ3) is 56.2. The smallest absolute Gasteiger partial charge is 0.306 e. The maximum atomic E-state index is 12.7.